The third kappa shape index (κ3) is 3.53. The third-order valence-corrected chi connectivity index (χ3v) is 3.75. The van der Waals surface area contributed by atoms with Gasteiger partial charge in [0, 0.05) is 25.2 Å². The molecule has 1 fully saturated rings. The molecule has 1 heterocycles. The number of nitrogens with zero attached hydrogens (tertiary/aromatic N) is 1. The molecular formula is C15H23FN2. The molecule has 2 nitrogen and oxygen atoms in total. The van der Waals surface area contributed by atoms with Gasteiger partial charge in [-0.3, -0.25) is 4.90 Å². The first-order valence-electron chi connectivity index (χ1n) is 6.78. The predicted octanol–water partition coefficient (Wildman–Crippen LogP) is 2.44. The Morgan fingerprint density at radius 2 is 2.22 bits per heavy atom. The molecule has 1 aromatic rings. The number of nitrogens with one attached hydrogen (secondary N) is 1. The average Bonchev–Trinajstić information content (AvgIpc) is 2.31. The van der Waals surface area contributed by atoms with Gasteiger partial charge < -0.3 is 5.32 Å². The second-order valence-electron chi connectivity index (χ2n) is 5.71. The summed E-state index contributed by atoms with van der Waals surface area (Å²) >= 11 is 0. The van der Waals surface area contributed by atoms with Crippen molar-refractivity contribution in [2.45, 2.75) is 32.2 Å². The van der Waals surface area contributed by atoms with Crippen LogP contribution in [0.2, 0.25) is 0 Å². The Balaban J connectivity index is 1.81. The highest BCUT2D eigenvalue weighted by Gasteiger charge is 2.28. The zero-order valence-corrected chi connectivity index (χ0v) is 11.4. The second-order valence-corrected chi connectivity index (χ2v) is 5.71. The van der Waals surface area contributed by atoms with Gasteiger partial charge in [0.2, 0.25) is 0 Å². The van der Waals surface area contributed by atoms with Crippen LogP contribution in [0.15, 0.2) is 24.3 Å². The molecule has 1 aliphatic rings. The summed E-state index contributed by atoms with van der Waals surface area (Å²) in [7, 11) is 0. The van der Waals surface area contributed by atoms with Crippen LogP contribution in [0.1, 0.15) is 25.8 Å². The normalized spacial score (nSPS) is 19.9. The van der Waals surface area contributed by atoms with Crippen molar-refractivity contribution in [3.05, 3.63) is 35.6 Å². The van der Waals surface area contributed by atoms with Crippen LogP contribution in [-0.4, -0.2) is 36.6 Å². The lowest BCUT2D eigenvalue weighted by atomic mass is 9.99. The molecule has 1 N–H and O–H groups in total. The van der Waals surface area contributed by atoms with E-state index in [-0.39, 0.29) is 11.4 Å². The maximum Gasteiger partial charge on any atom is 0.123 e. The van der Waals surface area contributed by atoms with E-state index in [0.29, 0.717) is 0 Å². The van der Waals surface area contributed by atoms with Crippen molar-refractivity contribution in [3.63, 3.8) is 0 Å². The average molecular weight is 250 g/mol. The first-order valence-corrected chi connectivity index (χ1v) is 6.78. The highest BCUT2D eigenvalue weighted by Crippen LogP contribution is 2.17. The van der Waals surface area contributed by atoms with Crippen LogP contribution in [0.25, 0.3) is 0 Å². The molecule has 0 saturated carbocycles. The molecular weight excluding hydrogens is 227 g/mol. The minimum atomic E-state index is -0.130. The summed E-state index contributed by atoms with van der Waals surface area (Å²) in [6.07, 6.45) is 2.05. The maximum absolute atomic E-state index is 13.1. The number of rotatable bonds is 4. The number of halogens is 1. The van der Waals surface area contributed by atoms with E-state index in [1.54, 1.807) is 12.1 Å². The molecule has 18 heavy (non-hydrogen) atoms. The molecule has 0 bridgehead atoms. The van der Waals surface area contributed by atoms with E-state index in [0.717, 1.165) is 44.6 Å². The van der Waals surface area contributed by atoms with Gasteiger partial charge >= 0.3 is 0 Å². The first-order chi connectivity index (χ1) is 8.58. The smallest absolute Gasteiger partial charge is 0.123 e. The fourth-order valence-corrected chi connectivity index (χ4v) is 2.60. The fourth-order valence-electron chi connectivity index (χ4n) is 2.60. The quantitative estimate of drug-likeness (QED) is 0.883. The molecule has 1 aliphatic heterocycles. The molecule has 0 unspecified atom stereocenters. The first kappa shape index (κ1) is 13.5. The van der Waals surface area contributed by atoms with Gasteiger partial charge in [-0.1, -0.05) is 12.1 Å². The van der Waals surface area contributed by atoms with Crippen molar-refractivity contribution in [2.24, 2.45) is 0 Å². The molecule has 0 radical (unpaired) electrons. The largest absolute Gasteiger partial charge is 0.314 e. The number of hydrogen-bond acceptors (Lipinski definition) is 2. The van der Waals surface area contributed by atoms with E-state index < -0.39 is 0 Å². The monoisotopic (exact) mass is 250 g/mol. The Bertz CT molecular complexity index is 390. The molecule has 1 aromatic carbocycles. The molecule has 0 atom stereocenters. The SMILES string of the molecule is CC1(C)CNCCN1CCCc1cccc(F)c1. The lowest BCUT2D eigenvalue weighted by molar-refractivity contribution is 0.0895. The van der Waals surface area contributed by atoms with Gasteiger partial charge in [-0.2, -0.15) is 0 Å². The molecule has 0 amide bonds. The Hall–Kier alpha value is -0.930. The van der Waals surface area contributed by atoms with Crippen molar-refractivity contribution in [1.29, 1.82) is 0 Å². The van der Waals surface area contributed by atoms with Gasteiger partial charge in [-0.25, -0.2) is 4.39 Å². The Labute approximate surface area is 109 Å². The van der Waals surface area contributed by atoms with E-state index >= 15 is 0 Å². The number of aryl methyl sites for hydroxylation is 1. The molecule has 2 rings (SSSR count). The van der Waals surface area contributed by atoms with Gasteiger partial charge in [-0.15, -0.1) is 0 Å². The summed E-state index contributed by atoms with van der Waals surface area (Å²) in [6.45, 7) is 8.88. The highest BCUT2D eigenvalue weighted by molar-refractivity contribution is 5.16. The number of piperazine rings is 1. The third-order valence-electron chi connectivity index (χ3n) is 3.75. The standard InChI is InChI=1S/C15H23FN2/c1-15(2)12-17-8-10-18(15)9-4-6-13-5-3-7-14(16)11-13/h3,5,7,11,17H,4,6,8-10,12H2,1-2H3. The summed E-state index contributed by atoms with van der Waals surface area (Å²) in [5, 5.41) is 3.43. The van der Waals surface area contributed by atoms with Crippen LogP contribution in [-0.2, 0) is 6.42 Å². The zero-order chi connectivity index (χ0) is 13.0. The fraction of sp³-hybridized carbons (Fsp3) is 0.600. The zero-order valence-electron chi connectivity index (χ0n) is 11.4. The molecule has 0 aromatic heterocycles. The van der Waals surface area contributed by atoms with E-state index in [4.69, 9.17) is 0 Å². The molecule has 1 saturated heterocycles. The highest BCUT2D eigenvalue weighted by atomic mass is 19.1. The van der Waals surface area contributed by atoms with E-state index in [9.17, 15) is 4.39 Å². The minimum Gasteiger partial charge on any atom is -0.314 e. The molecule has 100 valence electrons. The summed E-state index contributed by atoms with van der Waals surface area (Å²) in [5.41, 5.74) is 1.34. The van der Waals surface area contributed by atoms with Gasteiger partial charge in [0.25, 0.3) is 0 Å². The summed E-state index contributed by atoms with van der Waals surface area (Å²) < 4.78 is 13.1. The number of benzene rings is 1. The van der Waals surface area contributed by atoms with Gasteiger partial charge in [0.1, 0.15) is 5.82 Å². The Morgan fingerprint density at radius 3 is 2.94 bits per heavy atom. The van der Waals surface area contributed by atoms with Crippen molar-refractivity contribution in [2.75, 3.05) is 26.2 Å². The minimum absolute atomic E-state index is 0.130. The van der Waals surface area contributed by atoms with Gasteiger partial charge in [-0.05, 0) is 50.9 Å². The molecule has 0 spiro atoms. The number of hydrogen-bond donors (Lipinski definition) is 1. The van der Waals surface area contributed by atoms with E-state index in [1.165, 1.54) is 6.07 Å². The summed E-state index contributed by atoms with van der Waals surface area (Å²) in [4.78, 5) is 2.53. The summed E-state index contributed by atoms with van der Waals surface area (Å²) in [6, 6.07) is 6.94. The Morgan fingerprint density at radius 1 is 1.39 bits per heavy atom. The van der Waals surface area contributed by atoms with Crippen LogP contribution < -0.4 is 5.32 Å². The van der Waals surface area contributed by atoms with Crippen LogP contribution in [0.5, 0.6) is 0 Å². The summed E-state index contributed by atoms with van der Waals surface area (Å²) in [5.74, 6) is -0.130. The lowest BCUT2D eigenvalue weighted by Crippen LogP contribution is -2.58. The topological polar surface area (TPSA) is 15.3 Å². The van der Waals surface area contributed by atoms with E-state index in [2.05, 4.69) is 24.1 Å². The van der Waals surface area contributed by atoms with Crippen molar-refractivity contribution in [3.8, 4) is 0 Å². The Kier molecular flexibility index (Phi) is 4.36. The molecule has 0 aliphatic carbocycles. The van der Waals surface area contributed by atoms with Crippen molar-refractivity contribution >= 4 is 0 Å². The molecule has 3 heteroatoms. The maximum atomic E-state index is 13.1. The van der Waals surface area contributed by atoms with Crippen LogP contribution >= 0.6 is 0 Å². The lowest BCUT2D eigenvalue weighted by Gasteiger charge is -2.43. The van der Waals surface area contributed by atoms with Crippen LogP contribution in [0, 0.1) is 5.82 Å². The van der Waals surface area contributed by atoms with Crippen LogP contribution in [0.4, 0.5) is 4.39 Å². The van der Waals surface area contributed by atoms with Crippen LogP contribution in [0.3, 0.4) is 0 Å². The van der Waals surface area contributed by atoms with Gasteiger partial charge in [0.15, 0.2) is 0 Å². The predicted molar refractivity (Wildman–Crippen MR) is 73.2 cm³/mol. The van der Waals surface area contributed by atoms with Crippen molar-refractivity contribution in [1.82, 2.24) is 10.2 Å². The van der Waals surface area contributed by atoms with Crippen molar-refractivity contribution < 1.29 is 4.39 Å². The van der Waals surface area contributed by atoms with Gasteiger partial charge in [0.05, 0.1) is 0 Å². The van der Waals surface area contributed by atoms with E-state index in [1.807, 2.05) is 6.07 Å². The second kappa shape index (κ2) is 5.81.